The van der Waals surface area contributed by atoms with Crippen molar-refractivity contribution in [1.82, 2.24) is 14.8 Å². The van der Waals surface area contributed by atoms with Crippen LogP contribution in [0.5, 0.6) is 0 Å². The van der Waals surface area contributed by atoms with Gasteiger partial charge in [0.15, 0.2) is 11.5 Å². The van der Waals surface area contributed by atoms with Gasteiger partial charge in [0.25, 0.3) is 5.91 Å². The Hall–Kier alpha value is -3.38. The van der Waals surface area contributed by atoms with Crippen LogP contribution in [-0.2, 0) is 0 Å². The molecule has 0 N–H and O–H groups in total. The van der Waals surface area contributed by atoms with Gasteiger partial charge in [-0.2, -0.15) is 5.10 Å². The highest BCUT2D eigenvalue weighted by Crippen LogP contribution is 2.27. The van der Waals surface area contributed by atoms with Crippen molar-refractivity contribution >= 4 is 23.2 Å². The molecule has 0 fully saturated rings. The van der Waals surface area contributed by atoms with Crippen molar-refractivity contribution in [3.63, 3.8) is 0 Å². The smallest absolute Gasteiger partial charge is 0.279 e. The van der Waals surface area contributed by atoms with E-state index in [-0.39, 0.29) is 11.9 Å². The number of carbonyl (C=O) groups excluding carboxylic acids is 1. The Kier molecular flexibility index (Phi) is 5.18. The van der Waals surface area contributed by atoms with Crippen LogP contribution in [0.3, 0.4) is 0 Å². The lowest BCUT2D eigenvalue weighted by Crippen LogP contribution is -2.37. The van der Waals surface area contributed by atoms with Crippen molar-refractivity contribution < 1.29 is 9.21 Å². The first-order chi connectivity index (χ1) is 14.0. The fraction of sp³-hybridized carbons (Fsp3) is 0.136. The zero-order valence-corrected chi connectivity index (χ0v) is 16.7. The zero-order chi connectivity index (χ0) is 20.4. The molecule has 6 nitrogen and oxygen atoms in total. The predicted octanol–water partition coefficient (Wildman–Crippen LogP) is 5.24. The van der Waals surface area contributed by atoms with Gasteiger partial charge in [-0.1, -0.05) is 11.6 Å². The maximum atomic E-state index is 13.4. The second-order valence-electron chi connectivity index (χ2n) is 6.76. The van der Waals surface area contributed by atoms with E-state index in [0.29, 0.717) is 27.9 Å². The van der Waals surface area contributed by atoms with Gasteiger partial charge in [0.1, 0.15) is 5.69 Å². The molecule has 7 heteroatoms. The maximum absolute atomic E-state index is 13.4. The molecule has 0 saturated carbocycles. The summed E-state index contributed by atoms with van der Waals surface area (Å²) in [6.45, 7) is 3.91. The number of amides is 1. The molecule has 29 heavy (non-hydrogen) atoms. The summed E-state index contributed by atoms with van der Waals surface area (Å²) >= 11 is 6.02. The molecular formula is C22H19ClN4O2. The molecule has 1 amide bonds. The summed E-state index contributed by atoms with van der Waals surface area (Å²) in [5.74, 6) is 0.400. The van der Waals surface area contributed by atoms with Crippen molar-refractivity contribution in [1.29, 1.82) is 0 Å². The van der Waals surface area contributed by atoms with Crippen LogP contribution in [0.15, 0.2) is 77.7 Å². The number of benzene rings is 1. The van der Waals surface area contributed by atoms with Crippen LogP contribution in [-0.4, -0.2) is 26.7 Å². The fourth-order valence-electron chi connectivity index (χ4n) is 3.13. The number of anilines is 1. The average Bonchev–Trinajstić information content (AvgIpc) is 3.39. The van der Waals surface area contributed by atoms with Gasteiger partial charge in [-0.25, -0.2) is 4.68 Å². The molecule has 4 rings (SSSR count). The van der Waals surface area contributed by atoms with E-state index in [1.165, 1.54) is 0 Å². The number of furan rings is 1. The van der Waals surface area contributed by atoms with Crippen molar-refractivity contribution in [2.24, 2.45) is 0 Å². The standard InChI is InChI=1S/C22H19ClN4O2/c1-15(2)26(18-5-3-11-24-14-18)22(28)19-13-20(21-6-4-12-29-21)27(25-19)17-9-7-16(23)8-10-17/h3-15H,1-2H3. The van der Waals surface area contributed by atoms with Crippen LogP contribution >= 0.6 is 11.6 Å². The minimum absolute atomic E-state index is 0.0700. The average molecular weight is 407 g/mol. The van der Waals surface area contributed by atoms with Gasteiger partial charge in [-0.15, -0.1) is 0 Å². The molecule has 0 bridgehead atoms. The third-order valence-corrected chi connectivity index (χ3v) is 4.68. The van der Waals surface area contributed by atoms with Crippen molar-refractivity contribution in [3.8, 4) is 17.1 Å². The molecule has 0 atom stereocenters. The lowest BCUT2D eigenvalue weighted by Gasteiger charge is -2.25. The summed E-state index contributed by atoms with van der Waals surface area (Å²) in [4.78, 5) is 19.2. The lowest BCUT2D eigenvalue weighted by atomic mass is 10.2. The number of nitrogens with zero attached hydrogens (tertiary/aromatic N) is 4. The second kappa shape index (κ2) is 7.93. The first-order valence-electron chi connectivity index (χ1n) is 9.18. The summed E-state index contributed by atoms with van der Waals surface area (Å²) in [5.41, 5.74) is 2.48. The summed E-state index contributed by atoms with van der Waals surface area (Å²) in [6, 6.07) is 16.2. The Morgan fingerprint density at radius 2 is 1.93 bits per heavy atom. The number of hydrogen-bond donors (Lipinski definition) is 0. The number of hydrogen-bond acceptors (Lipinski definition) is 4. The highest BCUT2D eigenvalue weighted by atomic mass is 35.5. The highest BCUT2D eigenvalue weighted by molar-refractivity contribution is 6.30. The molecule has 4 aromatic rings. The number of pyridine rings is 1. The Balaban J connectivity index is 1.81. The second-order valence-corrected chi connectivity index (χ2v) is 7.20. The zero-order valence-electron chi connectivity index (χ0n) is 16.0. The van der Waals surface area contributed by atoms with E-state index in [1.54, 1.807) is 58.6 Å². The van der Waals surface area contributed by atoms with Crippen molar-refractivity contribution in [2.75, 3.05) is 4.90 Å². The first-order valence-corrected chi connectivity index (χ1v) is 9.56. The minimum atomic E-state index is -0.214. The van der Waals surface area contributed by atoms with E-state index >= 15 is 0 Å². The van der Waals surface area contributed by atoms with Crippen LogP contribution in [0.4, 0.5) is 5.69 Å². The Morgan fingerprint density at radius 1 is 1.14 bits per heavy atom. The lowest BCUT2D eigenvalue weighted by molar-refractivity contribution is 0.0975. The molecule has 0 radical (unpaired) electrons. The summed E-state index contributed by atoms with van der Waals surface area (Å²) < 4.78 is 7.25. The third-order valence-electron chi connectivity index (χ3n) is 4.43. The van der Waals surface area contributed by atoms with Crippen LogP contribution < -0.4 is 4.90 Å². The van der Waals surface area contributed by atoms with Crippen molar-refractivity contribution in [3.05, 3.63) is 84.0 Å². The SMILES string of the molecule is CC(C)N(C(=O)c1cc(-c2ccco2)n(-c2ccc(Cl)cc2)n1)c1cccnc1. The molecule has 0 aliphatic rings. The first kappa shape index (κ1) is 19.0. The minimum Gasteiger partial charge on any atom is -0.463 e. The quantitative estimate of drug-likeness (QED) is 0.455. The molecule has 0 spiro atoms. The van der Waals surface area contributed by atoms with Gasteiger partial charge < -0.3 is 9.32 Å². The molecule has 3 aromatic heterocycles. The molecule has 1 aromatic carbocycles. The Labute approximate surface area is 173 Å². The largest absolute Gasteiger partial charge is 0.463 e. The molecule has 146 valence electrons. The summed E-state index contributed by atoms with van der Waals surface area (Å²) in [5, 5.41) is 5.22. The molecular weight excluding hydrogens is 388 g/mol. The number of halogens is 1. The van der Waals surface area contributed by atoms with Gasteiger partial charge in [-0.05, 0) is 62.4 Å². The van der Waals surface area contributed by atoms with Gasteiger partial charge in [-0.3, -0.25) is 9.78 Å². The van der Waals surface area contributed by atoms with Gasteiger partial charge >= 0.3 is 0 Å². The van der Waals surface area contributed by atoms with E-state index < -0.39 is 0 Å². The third kappa shape index (κ3) is 3.79. The molecule has 0 aliphatic heterocycles. The van der Waals surface area contributed by atoms with Crippen LogP contribution in [0, 0.1) is 0 Å². The van der Waals surface area contributed by atoms with Gasteiger partial charge in [0.2, 0.25) is 0 Å². The van der Waals surface area contributed by atoms with E-state index in [2.05, 4.69) is 10.1 Å². The monoisotopic (exact) mass is 406 g/mol. The number of carbonyl (C=O) groups is 1. The fourth-order valence-corrected chi connectivity index (χ4v) is 3.26. The van der Waals surface area contributed by atoms with Crippen LogP contribution in [0.1, 0.15) is 24.3 Å². The molecule has 3 heterocycles. The Bertz CT molecular complexity index is 1100. The Morgan fingerprint density at radius 3 is 2.55 bits per heavy atom. The maximum Gasteiger partial charge on any atom is 0.279 e. The summed E-state index contributed by atoms with van der Waals surface area (Å²) in [7, 11) is 0. The highest BCUT2D eigenvalue weighted by Gasteiger charge is 2.25. The molecule has 0 saturated heterocycles. The normalized spacial score (nSPS) is 11.0. The number of rotatable bonds is 5. The van der Waals surface area contributed by atoms with Crippen molar-refractivity contribution in [2.45, 2.75) is 19.9 Å². The van der Waals surface area contributed by atoms with Gasteiger partial charge in [0.05, 0.1) is 23.8 Å². The van der Waals surface area contributed by atoms with Crippen LogP contribution in [0.25, 0.3) is 17.1 Å². The van der Waals surface area contributed by atoms with E-state index in [1.807, 2.05) is 38.1 Å². The number of aromatic nitrogens is 3. The van der Waals surface area contributed by atoms with E-state index in [4.69, 9.17) is 16.0 Å². The van der Waals surface area contributed by atoms with Crippen LogP contribution in [0.2, 0.25) is 5.02 Å². The topological polar surface area (TPSA) is 64.2 Å². The van der Waals surface area contributed by atoms with Gasteiger partial charge in [0, 0.05) is 23.3 Å². The summed E-state index contributed by atoms with van der Waals surface area (Å²) in [6.07, 6.45) is 4.93. The van der Waals surface area contributed by atoms with E-state index in [9.17, 15) is 4.79 Å². The predicted molar refractivity (Wildman–Crippen MR) is 112 cm³/mol. The molecule has 0 unspecified atom stereocenters. The van der Waals surface area contributed by atoms with E-state index in [0.717, 1.165) is 5.69 Å². The molecule has 0 aliphatic carbocycles.